The van der Waals surface area contributed by atoms with Crippen LogP contribution in [0.25, 0.3) is 0 Å². The van der Waals surface area contributed by atoms with Crippen molar-refractivity contribution in [2.24, 2.45) is 0 Å². The summed E-state index contributed by atoms with van der Waals surface area (Å²) in [5.41, 5.74) is 0. The molecule has 1 heterocycles. The first-order chi connectivity index (χ1) is 3.93. The molecule has 0 fully saturated rings. The lowest BCUT2D eigenvalue weighted by Gasteiger charge is -1.82. The van der Waals surface area contributed by atoms with Crippen LogP contribution in [0.1, 0.15) is 0 Å². The van der Waals surface area contributed by atoms with E-state index in [-0.39, 0.29) is 0 Å². The first kappa shape index (κ1) is 5.24. The van der Waals surface area contributed by atoms with Crippen LogP contribution < -0.4 is 4.74 Å². The van der Waals surface area contributed by atoms with Crippen LogP contribution in [0.2, 0.25) is 0 Å². The Kier molecular flexibility index (Phi) is 1.58. The fraction of sp³-hybridized carbons (Fsp3) is 0. The molecule has 0 atom stereocenters. The summed E-state index contributed by atoms with van der Waals surface area (Å²) in [6.07, 6.45) is 1.57. The Hall–Kier alpha value is -0.900. The first-order valence-corrected chi connectivity index (χ1v) is 2.72. The summed E-state index contributed by atoms with van der Waals surface area (Å²) in [7, 11) is 0. The second kappa shape index (κ2) is 2.42. The quantitative estimate of drug-likeness (QED) is 0.551. The molecule has 4 heteroatoms. The molecule has 0 aromatic carbocycles. The predicted molar refractivity (Wildman–Crippen MR) is 28.8 cm³/mol. The normalized spacial score (nSPS) is 8.50. The highest BCUT2D eigenvalue weighted by molar-refractivity contribution is 7.07. The minimum atomic E-state index is 0.382. The fourth-order valence-electron chi connectivity index (χ4n) is 0.312. The monoisotopic (exact) mass is 129 g/mol. The average Bonchev–Trinajstić information content (AvgIpc) is 2.19. The molecule has 0 radical (unpaired) electrons. The number of nitrogens with zero attached hydrogens (tertiary/aromatic N) is 1. The molecule has 42 valence electrons. The molecule has 3 nitrogen and oxygen atoms in total. The van der Waals surface area contributed by atoms with Gasteiger partial charge in [-0.05, 0) is 0 Å². The summed E-state index contributed by atoms with van der Waals surface area (Å²) in [5.74, 6) is 0. The molecule has 0 bridgehead atoms. The average molecular weight is 129 g/mol. The minimum absolute atomic E-state index is 0.382. The van der Waals surface area contributed by atoms with Crippen molar-refractivity contribution >= 4 is 18.0 Å². The van der Waals surface area contributed by atoms with Gasteiger partial charge in [0.15, 0.2) is 0 Å². The Balaban J connectivity index is 2.62. The van der Waals surface area contributed by atoms with E-state index in [1.165, 1.54) is 0 Å². The van der Waals surface area contributed by atoms with Crippen LogP contribution in [0.3, 0.4) is 0 Å². The van der Waals surface area contributed by atoms with Gasteiger partial charge in [0.05, 0.1) is 0 Å². The molecule has 1 rings (SSSR count). The number of hydrogen-bond acceptors (Lipinski definition) is 4. The molecular formula is C4H3NO2S. The van der Waals surface area contributed by atoms with Gasteiger partial charge in [-0.1, -0.05) is 0 Å². The van der Waals surface area contributed by atoms with Gasteiger partial charge in [0.1, 0.15) is 0 Å². The lowest BCUT2D eigenvalue weighted by Crippen LogP contribution is -1.82. The number of aromatic nitrogens is 1. The van der Waals surface area contributed by atoms with Gasteiger partial charge >= 0.3 is 0 Å². The number of carbonyl (C=O) groups is 1. The van der Waals surface area contributed by atoms with Gasteiger partial charge in [-0.2, -0.15) is 4.37 Å². The highest BCUT2D eigenvalue weighted by Crippen LogP contribution is 2.12. The second-order valence-corrected chi connectivity index (χ2v) is 1.84. The molecule has 0 amide bonds. The standard InChI is InChI=1S/C4H3NO2S/c6-3-7-4-1-2-5-8-4/h1-3H. The lowest BCUT2D eigenvalue weighted by molar-refractivity contribution is -0.120. The molecule has 0 saturated heterocycles. The maximum Gasteiger partial charge on any atom is 0.299 e. The van der Waals surface area contributed by atoms with Crippen LogP contribution in [-0.4, -0.2) is 10.8 Å². The van der Waals surface area contributed by atoms with E-state index in [1.807, 2.05) is 0 Å². The Bertz CT molecular complexity index is 161. The van der Waals surface area contributed by atoms with Gasteiger partial charge in [-0.25, -0.2) is 0 Å². The van der Waals surface area contributed by atoms with E-state index >= 15 is 0 Å². The Labute approximate surface area is 50.1 Å². The van der Waals surface area contributed by atoms with E-state index in [0.717, 1.165) is 11.5 Å². The molecule has 0 unspecified atom stereocenters. The molecule has 0 saturated carbocycles. The van der Waals surface area contributed by atoms with Gasteiger partial charge < -0.3 is 4.74 Å². The minimum Gasteiger partial charge on any atom is -0.416 e. The zero-order valence-corrected chi connectivity index (χ0v) is 4.72. The van der Waals surface area contributed by atoms with Crippen LogP contribution in [-0.2, 0) is 4.79 Å². The third kappa shape index (κ3) is 1.04. The van der Waals surface area contributed by atoms with Gasteiger partial charge in [-0.3, -0.25) is 4.79 Å². The number of rotatable bonds is 2. The zero-order valence-electron chi connectivity index (χ0n) is 3.90. The Morgan fingerprint density at radius 1 is 1.88 bits per heavy atom. The molecule has 0 aliphatic heterocycles. The van der Waals surface area contributed by atoms with E-state index in [4.69, 9.17) is 0 Å². The third-order valence-electron chi connectivity index (χ3n) is 0.578. The number of hydrogen-bond donors (Lipinski definition) is 0. The van der Waals surface area contributed by atoms with Crippen LogP contribution in [0.4, 0.5) is 0 Å². The van der Waals surface area contributed by atoms with Gasteiger partial charge in [-0.15, -0.1) is 0 Å². The molecule has 0 N–H and O–H groups in total. The molecular weight excluding hydrogens is 126 g/mol. The van der Waals surface area contributed by atoms with Gasteiger partial charge in [0.2, 0.25) is 5.06 Å². The number of ether oxygens (including phenoxy) is 1. The lowest BCUT2D eigenvalue weighted by atomic mass is 10.7. The molecule has 1 aromatic rings. The first-order valence-electron chi connectivity index (χ1n) is 1.94. The molecule has 0 aliphatic rings. The van der Waals surface area contributed by atoms with Crippen molar-refractivity contribution in [3.05, 3.63) is 12.3 Å². The van der Waals surface area contributed by atoms with E-state index in [0.29, 0.717) is 11.5 Å². The van der Waals surface area contributed by atoms with E-state index < -0.39 is 0 Å². The molecule has 8 heavy (non-hydrogen) atoms. The van der Waals surface area contributed by atoms with Crippen molar-refractivity contribution in [2.45, 2.75) is 0 Å². The van der Waals surface area contributed by atoms with Crippen LogP contribution >= 0.6 is 11.5 Å². The third-order valence-corrected chi connectivity index (χ3v) is 1.22. The molecule has 1 aromatic heterocycles. The SMILES string of the molecule is O=COc1ccns1. The topological polar surface area (TPSA) is 39.2 Å². The van der Waals surface area contributed by atoms with Crippen molar-refractivity contribution in [3.63, 3.8) is 0 Å². The maximum absolute atomic E-state index is 9.63. The van der Waals surface area contributed by atoms with Crippen molar-refractivity contribution in [2.75, 3.05) is 0 Å². The molecule has 0 aliphatic carbocycles. The van der Waals surface area contributed by atoms with E-state index in [1.54, 1.807) is 12.3 Å². The second-order valence-electron chi connectivity index (χ2n) is 1.05. The summed E-state index contributed by atoms with van der Waals surface area (Å²) in [6, 6.07) is 1.62. The Morgan fingerprint density at radius 2 is 2.75 bits per heavy atom. The van der Waals surface area contributed by atoms with E-state index in [9.17, 15) is 4.79 Å². The highest BCUT2D eigenvalue weighted by Gasteiger charge is 1.89. The van der Waals surface area contributed by atoms with Crippen LogP contribution in [0.15, 0.2) is 12.3 Å². The number of carbonyl (C=O) groups excluding carboxylic acids is 1. The van der Waals surface area contributed by atoms with Crippen molar-refractivity contribution in [1.29, 1.82) is 0 Å². The smallest absolute Gasteiger partial charge is 0.299 e. The zero-order chi connectivity index (χ0) is 5.82. The summed E-state index contributed by atoms with van der Waals surface area (Å²) >= 11 is 1.14. The predicted octanol–water partition coefficient (Wildman–Crippen LogP) is 0.678. The summed E-state index contributed by atoms with van der Waals surface area (Å²) < 4.78 is 8.12. The summed E-state index contributed by atoms with van der Waals surface area (Å²) in [6.45, 7) is 0.382. The van der Waals surface area contributed by atoms with E-state index in [2.05, 4.69) is 9.11 Å². The van der Waals surface area contributed by atoms with Crippen LogP contribution in [0, 0.1) is 0 Å². The van der Waals surface area contributed by atoms with Crippen LogP contribution in [0.5, 0.6) is 5.06 Å². The maximum atomic E-state index is 9.63. The van der Waals surface area contributed by atoms with Gasteiger partial charge in [0.25, 0.3) is 6.47 Å². The summed E-state index contributed by atoms with van der Waals surface area (Å²) in [5, 5.41) is 0.528. The molecule has 0 spiro atoms. The Morgan fingerprint density at radius 3 is 3.25 bits per heavy atom. The largest absolute Gasteiger partial charge is 0.416 e. The summed E-state index contributed by atoms with van der Waals surface area (Å²) in [4.78, 5) is 9.63. The highest BCUT2D eigenvalue weighted by atomic mass is 32.1. The fourth-order valence-corrected chi connectivity index (χ4v) is 0.742. The van der Waals surface area contributed by atoms with Crippen molar-refractivity contribution in [3.8, 4) is 5.06 Å². The van der Waals surface area contributed by atoms with Crippen molar-refractivity contribution < 1.29 is 9.53 Å². The van der Waals surface area contributed by atoms with Gasteiger partial charge in [0, 0.05) is 23.8 Å². The van der Waals surface area contributed by atoms with Crippen molar-refractivity contribution in [1.82, 2.24) is 4.37 Å².